The van der Waals surface area contributed by atoms with Crippen molar-refractivity contribution in [2.75, 3.05) is 6.61 Å². The fourth-order valence-electron chi connectivity index (χ4n) is 2.43. The van der Waals surface area contributed by atoms with Crippen molar-refractivity contribution in [3.05, 3.63) is 48.5 Å². The highest BCUT2D eigenvalue weighted by Gasteiger charge is 2.25. The molecule has 0 aliphatic heterocycles. The average molecular weight is 339 g/mol. The van der Waals surface area contributed by atoms with Gasteiger partial charge in [-0.3, -0.25) is 0 Å². The van der Waals surface area contributed by atoms with E-state index in [1.54, 1.807) is 0 Å². The summed E-state index contributed by atoms with van der Waals surface area (Å²) in [7, 11) is 0. The first kappa shape index (κ1) is 14.6. The molecule has 0 aliphatic rings. The van der Waals surface area contributed by atoms with Crippen LogP contribution in [0, 0.1) is 0 Å². The third-order valence-corrected chi connectivity index (χ3v) is 4.54. The molecule has 0 bridgehead atoms. The van der Waals surface area contributed by atoms with Crippen LogP contribution in [0.4, 0.5) is 0 Å². The van der Waals surface area contributed by atoms with Crippen LogP contribution in [0.5, 0.6) is 11.7 Å². The number of nitrogens with zero attached hydrogens (tertiary/aromatic N) is 3. The van der Waals surface area contributed by atoms with Gasteiger partial charge < -0.3 is 14.4 Å². The van der Waals surface area contributed by atoms with E-state index in [4.69, 9.17) is 9.26 Å². The van der Waals surface area contributed by atoms with Gasteiger partial charge in [0, 0.05) is 12.1 Å². The molecule has 0 saturated heterocycles. The highest BCUT2D eigenvalue weighted by molar-refractivity contribution is 7.21. The van der Waals surface area contributed by atoms with Crippen molar-refractivity contribution in [2.45, 2.75) is 6.92 Å². The number of aromatic nitrogens is 3. The SMILES string of the molecule is CCOc1ccc(-[n+]2noc([O-])c2-c2nc3ccccc3s2)cc1. The number of hydrogen-bond donors (Lipinski definition) is 0. The lowest BCUT2D eigenvalue weighted by atomic mass is 10.3. The Kier molecular flexibility index (Phi) is 3.62. The maximum Gasteiger partial charge on any atom is 0.299 e. The van der Waals surface area contributed by atoms with Crippen LogP contribution in [0.1, 0.15) is 6.92 Å². The lowest BCUT2D eigenvalue weighted by Crippen LogP contribution is -2.34. The van der Waals surface area contributed by atoms with Crippen LogP contribution in [0.2, 0.25) is 0 Å². The van der Waals surface area contributed by atoms with Crippen LogP contribution in [0.15, 0.2) is 53.1 Å². The monoisotopic (exact) mass is 339 g/mol. The number of rotatable bonds is 4. The summed E-state index contributed by atoms with van der Waals surface area (Å²) >= 11 is 1.43. The Balaban J connectivity index is 1.80. The fourth-order valence-corrected chi connectivity index (χ4v) is 3.41. The quantitative estimate of drug-likeness (QED) is 0.534. The minimum Gasteiger partial charge on any atom is -0.539 e. The summed E-state index contributed by atoms with van der Waals surface area (Å²) in [6, 6.07) is 15.0. The third kappa shape index (κ3) is 2.48. The molecule has 0 unspecified atom stereocenters. The summed E-state index contributed by atoms with van der Waals surface area (Å²) in [5.74, 6) is 0.247. The summed E-state index contributed by atoms with van der Waals surface area (Å²) in [6.45, 7) is 2.52. The standard InChI is InChI=1S/C17H13N3O3S/c1-2-22-12-9-7-11(8-10-12)20-15(17(21)23-19-20)16-18-13-5-3-4-6-14(13)24-16/h3-10H,2H2,1H3. The van der Waals surface area contributed by atoms with E-state index >= 15 is 0 Å². The van der Waals surface area contributed by atoms with Crippen molar-refractivity contribution in [3.63, 3.8) is 0 Å². The highest BCUT2D eigenvalue weighted by atomic mass is 32.1. The number of fused-ring (bicyclic) bond motifs is 1. The van der Waals surface area contributed by atoms with Gasteiger partial charge in [0.2, 0.25) is 5.69 Å². The van der Waals surface area contributed by atoms with E-state index in [0.29, 0.717) is 23.0 Å². The summed E-state index contributed by atoms with van der Waals surface area (Å²) in [5, 5.41) is 16.6. The molecule has 2 aromatic heterocycles. The first-order valence-electron chi connectivity index (χ1n) is 7.44. The predicted octanol–water partition coefficient (Wildman–Crippen LogP) is 2.70. The molecule has 6 nitrogen and oxygen atoms in total. The molecular formula is C17H13N3O3S. The molecule has 0 N–H and O–H groups in total. The van der Waals surface area contributed by atoms with Crippen LogP contribution in [-0.4, -0.2) is 16.9 Å². The van der Waals surface area contributed by atoms with Gasteiger partial charge in [0.05, 0.1) is 22.1 Å². The van der Waals surface area contributed by atoms with Gasteiger partial charge in [0.1, 0.15) is 5.75 Å². The van der Waals surface area contributed by atoms with E-state index in [2.05, 4.69) is 10.3 Å². The van der Waals surface area contributed by atoms with Crippen molar-refractivity contribution in [2.24, 2.45) is 0 Å². The molecule has 24 heavy (non-hydrogen) atoms. The maximum absolute atomic E-state index is 12.2. The van der Waals surface area contributed by atoms with Gasteiger partial charge >= 0.3 is 0 Å². The maximum atomic E-state index is 12.2. The summed E-state index contributed by atoms with van der Waals surface area (Å²) in [4.78, 5) is 4.52. The van der Waals surface area contributed by atoms with E-state index in [0.717, 1.165) is 16.0 Å². The predicted molar refractivity (Wildman–Crippen MR) is 87.3 cm³/mol. The summed E-state index contributed by atoms with van der Waals surface area (Å²) in [5.41, 5.74) is 1.87. The molecular weight excluding hydrogens is 326 g/mol. The zero-order chi connectivity index (χ0) is 16.5. The fraction of sp³-hybridized carbons (Fsp3) is 0.118. The van der Waals surface area contributed by atoms with Gasteiger partial charge in [0.15, 0.2) is 11.0 Å². The van der Waals surface area contributed by atoms with Crippen molar-refractivity contribution in [1.29, 1.82) is 0 Å². The van der Waals surface area contributed by atoms with Crippen LogP contribution in [0.3, 0.4) is 0 Å². The Bertz CT molecular complexity index is 959. The summed E-state index contributed by atoms with van der Waals surface area (Å²) < 4.78 is 12.8. The van der Waals surface area contributed by atoms with Crippen molar-refractivity contribution < 1.29 is 19.0 Å². The minimum absolute atomic E-state index is 0.320. The van der Waals surface area contributed by atoms with Crippen molar-refractivity contribution in [1.82, 2.24) is 10.3 Å². The molecule has 0 radical (unpaired) electrons. The number of ether oxygens (including phenoxy) is 1. The van der Waals surface area contributed by atoms with E-state index in [1.165, 1.54) is 16.0 Å². The highest BCUT2D eigenvalue weighted by Crippen LogP contribution is 2.32. The molecule has 0 saturated carbocycles. The largest absolute Gasteiger partial charge is 0.539 e. The molecule has 120 valence electrons. The second-order valence-electron chi connectivity index (χ2n) is 5.03. The first-order valence-corrected chi connectivity index (χ1v) is 8.26. The molecule has 0 amide bonds. The molecule has 0 fully saturated rings. The van der Waals surface area contributed by atoms with Gasteiger partial charge in [-0.1, -0.05) is 12.1 Å². The van der Waals surface area contributed by atoms with Crippen LogP contribution in [-0.2, 0) is 0 Å². The van der Waals surface area contributed by atoms with Crippen LogP contribution < -0.4 is 14.5 Å². The molecule has 4 rings (SSSR count). The molecule has 0 aliphatic carbocycles. The molecule has 2 heterocycles. The van der Waals surface area contributed by atoms with Crippen molar-refractivity contribution >= 4 is 21.6 Å². The Morgan fingerprint density at radius 3 is 2.71 bits per heavy atom. The lowest BCUT2D eigenvalue weighted by molar-refractivity contribution is -0.660. The lowest BCUT2D eigenvalue weighted by Gasteiger charge is -2.01. The molecule has 2 aromatic carbocycles. The molecule has 0 atom stereocenters. The number of thiazole rings is 1. The van der Waals surface area contributed by atoms with E-state index < -0.39 is 5.95 Å². The third-order valence-electron chi connectivity index (χ3n) is 3.50. The Hall–Kier alpha value is -2.93. The number of benzene rings is 2. The van der Waals surface area contributed by atoms with Gasteiger partial charge in [-0.05, 0) is 35.9 Å². The second-order valence-corrected chi connectivity index (χ2v) is 6.07. The zero-order valence-corrected chi connectivity index (χ0v) is 13.6. The number of para-hydroxylation sites is 1. The van der Waals surface area contributed by atoms with Gasteiger partial charge in [-0.2, -0.15) is 0 Å². The smallest absolute Gasteiger partial charge is 0.299 e. The molecule has 4 aromatic rings. The zero-order valence-electron chi connectivity index (χ0n) is 12.8. The van der Waals surface area contributed by atoms with Gasteiger partial charge in [0.25, 0.3) is 5.69 Å². The minimum atomic E-state index is -0.511. The van der Waals surface area contributed by atoms with E-state index in [9.17, 15) is 5.11 Å². The average Bonchev–Trinajstić information content (AvgIpc) is 3.18. The second kappa shape index (κ2) is 5.93. The molecule has 7 heteroatoms. The Labute approximate surface area is 141 Å². The normalized spacial score (nSPS) is 11.0. The van der Waals surface area contributed by atoms with Crippen molar-refractivity contribution in [3.8, 4) is 28.1 Å². The topological polar surface area (TPSA) is 75.1 Å². The van der Waals surface area contributed by atoms with E-state index in [1.807, 2.05) is 55.5 Å². The Morgan fingerprint density at radius 1 is 1.17 bits per heavy atom. The van der Waals surface area contributed by atoms with Crippen LogP contribution in [0.25, 0.3) is 26.6 Å². The van der Waals surface area contributed by atoms with Crippen LogP contribution >= 0.6 is 11.3 Å². The number of hydrogen-bond acceptors (Lipinski definition) is 6. The van der Waals surface area contributed by atoms with E-state index in [-0.39, 0.29) is 0 Å². The van der Waals surface area contributed by atoms with Gasteiger partial charge in [-0.15, -0.1) is 11.3 Å². The Morgan fingerprint density at radius 2 is 1.96 bits per heavy atom. The molecule has 0 spiro atoms. The first-order chi connectivity index (χ1) is 11.8. The van der Waals surface area contributed by atoms with Gasteiger partial charge in [-0.25, -0.2) is 4.98 Å². The summed E-state index contributed by atoms with van der Waals surface area (Å²) in [6.07, 6.45) is 0.